The van der Waals surface area contributed by atoms with Gasteiger partial charge in [0.2, 0.25) is 0 Å². The molecule has 0 saturated carbocycles. The van der Waals surface area contributed by atoms with Gasteiger partial charge in [0.1, 0.15) is 0 Å². The molecule has 0 spiro atoms. The Kier molecular flexibility index (Phi) is 5.47. The van der Waals surface area contributed by atoms with Crippen LogP contribution < -0.4 is 5.32 Å². The van der Waals surface area contributed by atoms with Gasteiger partial charge in [-0.1, -0.05) is 25.9 Å². The van der Waals surface area contributed by atoms with Gasteiger partial charge in [0.25, 0.3) is 0 Å². The monoisotopic (exact) mass is 273 g/mol. The lowest BCUT2D eigenvalue weighted by Crippen LogP contribution is -2.45. The second kappa shape index (κ2) is 6.43. The van der Waals surface area contributed by atoms with Gasteiger partial charge in [-0.15, -0.1) is 11.8 Å². The summed E-state index contributed by atoms with van der Waals surface area (Å²) in [6, 6.07) is 0. The zero-order valence-corrected chi connectivity index (χ0v) is 12.6. The SMILES string of the molecule is CNC(=O)ON=C(C1SCCCN1C)C(C)(C)C. The van der Waals surface area contributed by atoms with Crippen LogP contribution in [0.3, 0.4) is 0 Å². The van der Waals surface area contributed by atoms with E-state index >= 15 is 0 Å². The minimum atomic E-state index is -0.528. The van der Waals surface area contributed by atoms with E-state index in [0.717, 1.165) is 18.0 Å². The summed E-state index contributed by atoms with van der Waals surface area (Å²) in [4.78, 5) is 18.3. The van der Waals surface area contributed by atoms with Crippen LogP contribution in [0.15, 0.2) is 5.16 Å². The van der Waals surface area contributed by atoms with Crippen LogP contribution in [-0.4, -0.2) is 48.5 Å². The van der Waals surface area contributed by atoms with Gasteiger partial charge in [-0.25, -0.2) is 4.79 Å². The van der Waals surface area contributed by atoms with E-state index in [2.05, 4.69) is 43.2 Å². The number of rotatable bonds is 2. The van der Waals surface area contributed by atoms with Crippen molar-refractivity contribution in [3.05, 3.63) is 0 Å². The van der Waals surface area contributed by atoms with Gasteiger partial charge in [0.05, 0.1) is 11.1 Å². The molecule has 1 heterocycles. The first-order valence-corrected chi connectivity index (χ1v) is 7.20. The standard InChI is InChI=1S/C12H23N3O2S/c1-12(2,3)9(14-17-11(16)13-4)10-15(5)7-6-8-18-10/h10H,6-8H2,1-5H3,(H,13,16). The molecule has 0 bridgehead atoms. The fraction of sp³-hybridized carbons (Fsp3) is 0.833. The molecular weight excluding hydrogens is 250 g/mol. The van der Waals surface area contributed by atoms with E-state index in [1.54, 1.807) is 0 Å². The lowest BCUT2D eigenvalue weighted by molar-refractivity contribution is 0.150. The number of nitrogens with zero attached hydrogens (tertiary/aromatic N) is 2. The lowest BCUT2D eigenvalue weighted by atomic mass is 9.89. The maximum atomic E-state index is 11.1. The highest BCUT2D eigenvalue weighted by Gasteiger charge is 2.33. The van der Waals surface area contributed by atoms with E-state index < -0.39 is 6.09 Å². The summed E-state index contributed by atoms with van der Waals surface area (Å²) in [5, 5.41) is 6.66. The number of carbonyl (C=O) groups is 1. The van der Waals surface area contributed by atoms with Crippen LogP contribution in [-0.2, 0) is 4.84 Å². The summed E-state index contributed by atoms with van der Waals surface area (Å²) < 4.78 is 0. The van der Waals surface area contributed by atoms with E-state index in [1.807, 2.05) is 11.8 Å². The number of hydrogen-bond donors (Lipinski definition) is 1. The number of amides is 1. The number of hydrogen-bond acceptors (Lipinski definition) is 5. The average Bonchev–Trinajstić information content (AvgIpc) is 2.29. The maximum Gasteiger partial charge on any atom is 0.433 e. The zero-order valence-electron chi connectivity index (χ0n) is 11.8. The predicted molar refractivity (Wildman–Crippen MR) is 75.9 cm³/mol. The summed E-state index contributed by atoms with van der Waals surface area (Å²) in [5.41, 5.74) is 0.774. The second-order valence-electron chi connectivity index (χ2n) is 5.41. The van der Waals surface area contributed by atoms with Crippen LogP contribution >= 0.6 is 11.8 Å². The average molecular weight is 273 g/mol. The quantitative estimate of drug-likeness (QED) is 0.476. The lowest BCUT2D eigenvalue weighted by Gasteiger charge is -2.36. The molecule has 0 aliphatic carbocycles. The molecule has 1 amide bonds. The normalized spacial score (nSPS) is 22.7. The minimum Gasteiger partial charge on any atom is -0.323 e. The number of carbonyl (C=O) groups excluding carboxylic acids is 1. The van der Waals surface area contributed by atoms with Crippen LogP contribution in [0.4, 0.5) is 4.79 Å². The topological polar surface area (TPSA) is 53.9 Å². The van der Waals surface area contributed by atoms with Crippen molar-refractivity contribution in [3.63, 3.8) is 0 Å². The van der Waals surface area contributed by atoms with Crippen molar-refractivity contribution >= 4 is 23.6 Å². The van der Waals surface area contributed by atoms with Crippen molar-refractivity contribution in [2.24, 2.45) is 10.6 Å². The molecule has 1 atom stereocenters. The minimum absolute atomic E-state index is 0.128. The predicted octanol–water partition coefficient (Wildman–Crippen LogP) is 2.14. The third kappa shape index (κ3) is 4.17. The first-order chi connectivity index (χ1) is 8.36. The molecule has 1 rings (SSSR count). The van der Waals surface area contributed by atoms with Crippen LogP contribution in [0.1, 0.15) is 27.2 Å². The molecule has 5 nitrogen and oxygen atoms in total. The first kappa shape index (κ1) is 15.3. The summed E-state index contributed by atoms with van der Waals surface area (Å²) >= 11 is 1.85. The van der Waals surface area contributed by atoms with Gasteiger partial charge in [0, 0.05) is 19.0 Å². The highest BCUT2D eigenvalue weighted by atomic mass is 32.2. The van der Waals surface area contributed by atoms with Gasteiger partial charge in [-0.2, -0.15) is 0 Å². The molecule has 0 aromatic heterocycles. The molecule has 0 radical (unpaired) electrons. The molecule has 0 aromatic rings. The summed E-state index contributed by atoms with van der Waals surface area (Å²) in [6.07, 6.45) is 0.658. The van der Waals surface area contributed by atoms with Crippen LogP contribution in [0.25, 0.3) is 0 Å². The van der Waals surface area contributed by atoms with Gasteiger partial charge in [0.15, 0.2) is 0 Å². The molecule has 1 fully saturated rings. The Hall–Kier alpha value is -0.750. The molecule has 6 heteroatoms. The first-order valence-electron chi connectivity index (χ1n) is 6.15. The molecule has 1 saturated heterocycles. The third-order valence-corrected chi connectivity index (χ3v) is 4.19. The van der Waals surface area contributed by atoms with Crippen molar-refractivity contribution < 1.29 is 9.63 Å². The van der Waals surface area contributed by atoms with E-state index in [0.29, 0.717) is 0 Å². The molecule has 104 valence electrons. The molecular formula is C12H23N3O2S. The van der Waals surface area contributed by atoms with Crippen molar-refractivity contribution in [1.29, 1.82) is 0 Å². The van der Waals surface area contributed by atoms with Gasteiger partial charge in [-0.3, -0.25) is 9.74 Å². The number of nitrogens with one attached hydrogen (secondary N) is 1. The van der Waals surface area contributed by atoms with Crippen molar-refractivity contribution in [3.8, 4) is 0 Å². The highest BCUT2D eigenvalue weighted by molar-refractivity contribution is 8.00. The van der Waals surface area contributed by atoms with Crippen LogP contribution in [0.2, 0.25) is 0 Å². The van der Waals surface area contributed by atoms with E-state index in [1.165, 1.54) is 13.5 Å². The largest absolute Gasteiger partial charge is 0.433 e. The third-order valence-electron chi connectivity index (χ3n) is 2.76. The highest BCUT2D eigenvalue weighted by Crippen LogP contribution is 2.30. The fourth-order valence-corrected chi connectivity index (χ4v) is 3.16. The molecule has 1 aliphatic heterocycles. The van der Waals surface area contributed by atoms with E-state index in [4.69, 9.17) is 4.84 Å². The van der Waals surface area contributed by atoms with Gasteiger partial charge in [-0.05, 0) is 19.2 Å². The Labute approximate surface area is 113 Å². The van der Waals surface area contributed by atoms with E-state index in [-0.39, 0.29) is 10.8 Å². The molecule has 1 aliphatic rings. The summed E-state index contributed by atoms with van der Waals surface area (Å²) in [5.74, 6) is 1.12. The van der Waals surface area contributed by atoms with Gasteiger partial charge < -0.3 is 5.32 Å². The maximum absolute atomic E-state index is 11.1. The Morgan fingerprint density at radius 3 is 2.67 bits per heavy atom. The van der Waals surface area contributed by atoms with Crippen LogP contribution in [0.5, 0.6) is 0 Å². The Balaban J connectivity index is 2.87. The molecule has 1 N–H and O–H groups in total. The smallest absolute Gasteiger partial charge is 0.323 e. The molecule has 18 heavy (non-hydrogen) atoms. The zero-order chi connectivity index (χ0) is 13.8. The number of oxime groups is 1. The fourth-order valence-electron chi connectivity index (χ4n) is 1.73. The molecule has 0 aromatic carbocycles. The van der Waals surface area contributed by atoms with Crippen molar-refractivity contribution in [2.75, 3.05) is 26.4 Å². The van der Waals surface area contributed by atoms with Crippen LogP contribution in [0, 0.1) is 5.41 Å². The Morgan fingerprint density at radius 2 is 2.17 bits per heavy atom. The Bertz CT molecular complexity index is 326. The second-order valence-corrected chi connectivity index (χ2v) is 6.60. The molecule has 1 unspecified atom stereocenters. The van der Waals surface area contributed by atoms with Crippen molar-refractivity contribution in [1.82, 2.24) is 10.2 Å². The number of thioether (sulfide) groups is 1. The summed E-state index contributed by atoms with van der Waals surface area (Å²) in [7, 11) is 3.61. The van der Waals surface area contributed by atoms with Gasteiger partial charge >= 0.3 is 6.09 Å². The van der Waals surface area contributed by atoms with E-state index in [9.17, 15) is 4.79 Å². The van der Waals surface area contributed by atoms with Crippen molar-refractivity contribution in [2.45, 2.75) is 32.6 Å². The Morgan fingerprint density at radius 1 is 1.50 bits per heavy atom. The summed E-state index contributed by atoms with van der Waals surface area (Å²) in [6.45, 7) is 7.30.